The molecule has 3 rings (SSSR count). The molecule has 0 bridgehead atoms. The molecule has 2 aromatic heterocycles. The third-order valence-corrected chi connectivity index (χ3v) is 4.08. The van der Waals surface area contributed by atoms with Crippen molar-refractivity contribution in [2.24, 2.45) is 0 Å². The van der Waals surface area contributed by atoms with Gasteiger partial charge in [0.25, 0.3) is 5.91 Å². The van der Waals surface area contributed by atoms with Crippen molar-refractivity contribution < 1.29 is 4.79 Å². The fourth-order valence-electron chi connectivity index (χ4n) is 1.60. The van der Waals surface area contributed by atoms with E-state index in [1.54, 1.807) is 0 Å². The zero-order chi connectivity index (χ0) is 11.7. The molecule has 88 valence electrons. The van der Waals surface area contributed by atoms with Crippen molar-refractivity contribution in [1.29, 1.82) is 0 Å². The second kappa shape index (κ2) is 4.47. The fraction of sp³-hybridized carbons (Fsp3) is 0.333. The van der Waals surface area contributed by atoms with Crippen LogP contribution in [0.2, 0.25) is 0 Å². The minimum atomic E-state index is -0.195. The average Bonchev–Trinajstić information content (AvgIpc) is 2.97. The van der Waals surface area contributed by atoms with Crippen LogP contribution in [0.25, 0.3) is 0 Å². The average molecular weight is 267 g/mol. The topological polar surface area (TPSA) is 79.8 Å². The molecule has 2 N–H and O–H groups in total. The molecule has 0 atom stereocenters. The van der Waals surface area contributed by atoms with Crippen LogP contribution in [-0.4, -0.2) is 27.0 Å². The molecule has 1 aliphatic heterocycles. The number of nitrogens with one attached hydrogen (secondary N) is 2. The maximum atomic E-state index is 11.8. The number of hydrogen-bond acceptors (Lipinski definition) is 7. The summed E-state index contributed by atoms with van der Waals surface area (Å²) < 4.78 is 3.65. The van der Waals surface area contributed by atoms with Crippen LogP contribution < -0.4 is 10.6 Å². The Hall–Kier alpha value is -1.38. The Morgan fingerprint density at radius 1 is 1.53 bits per heavy atom. The largest absolute Gasteiger partial charge is 0.311 e. The van der Waals surface area contributed by atoms with Gasteiger partial charge in [-0.15, -0.1) is 16.4 Å². The van der Waals surface area contributed by atoms with E-state index in [1.165, 1.54) is 22.4 Å². The van der Waals surface area contributed by atoms with Crippen LogP contribution in [0.1, 0.15) is 20.2 Å². The molecule has 0 unspecified atom stereocenters. The summed E-state index contributed by atoms with van der Waals surface area (Å²) in [6.45, 7) is 1.79. The third-order valence-electron chi connectivity index (χ3n) is 2.41. The minimum Gasteiger partial charge on any atom is -0.311 e. The lowest BCUT2D eigenvalue weighted by atomic mass is 10.2. The Balaban J connectivity index is 1.77. The predicted molar refractivity (Wildman–Crippen MR) is 65.4 cm³/mol. The summed E-state index contributed by atoms with van der Waals surface area (Å²) >= 11 is 2.60. The normalized spacial score (nSPS) is 14.4. The van der Waals surface area contributed by atoms with E-state index >= 15 is 0 Å². The summed E-state index contributed by atoms with van der Waals surface area (Å²) in [5.41, 5.74) is 1.09. The van der Waals surface area contributed by atoms with E-state index in [0.29, 0.717) is 10.0 Å². The highest BCUT2D eigenvalue weighted by molar-refractivity contribution is 7.16. The first-order chi connectivity index (χ1) is 8.33. The SMILES string of the molecule is O=C(Nc1nc2c(s1)CNCC2)c1cnns1. The molecule has 0 spiro atoms. The summed E-state index contributed by atoms with van der Waals surface area (Å²) in [6.07, 6.45) is 2.37. The number of fused-ring (bicyclic) bond motifs is 1. The second-order valence-electron chi connectivity index (χ2n) is 3.55. The van der Waals surface area contributed by atoms with Crippen molar-refractivity contribution >= 4 is 33.9 Å². The van der Waals surface area contributed by atoms with E-state index in [-0.39, 0.29) is 5.91 Å². The maximum absolute atomic E-state index is 11.8. The summed E-state index contributed by atoms with van der Waals surface area (Å²) in [4.78, 5) is 17.9. The van der Waals surface area contributed by atoms with Crippen LogP contribution in [0.5, 0.6) is 0 Å². The molecule has 0 radical (unpaired) electrons. The highest BCUT2D eigenvalue weighted by atomic mass is 32.1. The molecule has 2 aromatic rings. The van der Waals surface area contributed by atoms with Crippen LogP contribution in [0.4, 0.5) is 5.13 Å². The summed E-state index contributed by atoms with van der Waals surface area (Å²) in [5, 5.41) is 10.3. The molecular formula is C9H9N5OS2. The number of amides is 1. The van der Waals surface area contributed by atoms with Crippen molar-refractivity contribution in [2.75, 3.05) is 11.9 Å². The van der Waals surface area contributed by atoms with Gasteiger partial charge >= 0.3 is 0 Å². The Bertz CT molecular complexity index is 512. The molecule has 1 amide bonds. The molecule has 1 aliphatic rings. The van der Waals surface area contributed by atoms with Crippen LogP contribution >= 0.6 is 22.9 Å². The monoisotopic (exact) mass is 267 g/mol. The number of anilines is 1. The van der Waals surface area contributed by atoms with Crippen molar-refractivity contribution in [3.63, 3.8) is 0 Å². The van der Waals surface area contributed by atoms with Crippen molar-refractivity contribution in [2.45, 2.75) is 13.0 Å². The van der Waals surface area contributed by atoms with Gasteiger partial charge < -0.3 is 5.32 Å². The van der Waals surface area contributed by atoms with Gasteiger partial charge in [-0.25, -0.2) is 4.98 Å². The Labute approximate surface area is 105 Å². The lowest BCUT2D eigenvalue weighted by molar-refractivity contribution is 0.103. The molecule has 0 aliphatic carbocycles. The van der Waals surface area contributed by atoms with Gasteiger partial charge in [-0.3, -0.25) is 10.1 Å². The van der Waals surface area contributed by atoms with E-state index in [4.69, 9.17) is 0 Å². The zero-order valence-corrected chi connectivity index (χ0v) is 10.4. The maximum Gasteiger partial charge on any atom is 0.270 e. The van der Waals surface area contributed by atoms with Gasteiger partial charge in [0.2, 0.25) is 0 Å². The van der Waals surface area contributed by atoms with Gasteiger partial charge in [-0.2, -0.15) is 0 Å². The summed E-state index contributed by atoms with van der Waals surface area (Å²) in [5.74, 6) is -0.195. The number of carbonyl (C=O) groups is 1. The van der Waals surface area contributed by atoms with Crippen LogP contribution in [0.15, 0.2) is 6.20 Å². The van der Waals surface area contributed by atoms with Gasteiger partial charge in [0.05, 0.1) is 11.9 Å². The van der Waals surface area contributed by atoms with Crippen LogP contribution in [0.3, 0.4) is 0 Å². The molecule has 0 fully saturated rings. The van der Waals surface area contributed by atoms with Crippen LogP contribution in [0, 0.1) is 0 Å². The minimum absolute atomic E-state index is 0.195. The summed E-state index contributed by atoms with van der Waals surface area (Å²) in [6, 6.07) is 0. The van der Waals surface area contributed by atoms with Crippen molar-refractivity contribution in [3.8, 4) is 0 Å². The van der Waals surface area contributed by atoms with E-state index in [9.17, 15) is 4.79 Å². The molecule has 0 saturated carbocycles. The van der Waals surface area contributed by atoms with E-state index in [1.807, 2.05) is 0 Å². The number of aromatic nitrogens is 3. The zero-order valence-electron chi connectivity index (χ0n) is 8.77. The van der Waals surface area contributed by atoms with Gasteiger partial charge in [0, 0.05) is 24.4 Å². The molecule has 0 saturated heterocycles. The number of nitrogens with zero attached hydrogens (tertiary/aromatic N) is 3. The first kappa shape index (κ1) is 10.8. The molecular weight excluding hydrogens is 258 g/mol. The van der Waals surface area contributed by atoms with E-state index in [0.717, 1.165) is 36.7 Å². The number of rotatable bonds is 2. The third kappa shape index (κ3) is 2.19. The molecule has 6 nitrogen and oxygen atoms in total. The number of thiazole rings is 1. The quantitative estimate of drug-likeness (QED) is 0.845. The fourth-order valence-corrected chi connectivity index (χ4v) is 2.99. The van der Waals surface area contributed by atoms with E-state index < -0.39 is 0 Å². The Morgan fingerprint density at radius 2 is 2.47 bits per heavy atom. The second-order valence-corrected chi connectivity index (χ2v) is 5.42. The smallest absolute Gasteiger partial charge is 0.270 e. The molecule has 8 heteroatoms. The number of carbonyl (C=O) groups excluding carboxylic acids is 1. The molecule has 0 aromatic carbocycles. The van der Waals surface area contributed by atoms with Gasteiger partial charge in [0.1, 0.15) is 4.88 Å². The first-order valence-corrected chi connectivity index (χ1v) is 6.70. The standard InChI is InChI=1S/C9H9N5OS2/c15-8(7-4-11-14-17-7)13-9-12-5-1-2-10-3-6(5)16-9/h4,10H,1-3H2,(H,12,13,15). The van der Waals surface area contributed by atoms with Gasteiger partial charge in [-0.05, 0) is 11.5 Å². The van der Waals surface area contributed by atoms with Gasteiger partial charge in [-0.1, -0.05) is 4.49 Å². The van der Waals surface area contributed by atoms with Crippen molar-refractivity contribution in [1.82, 2.24) is 19.9 Å². The first-order valence-electron chi connectivity index (χ1n) is 5.11. The number of hydrogen-bond donors (Lipinski definition) is 2. The summed E-state index contributed by atoms with van der Waals surface area (Å²) in [7, 11) is 0. The lowest BCUT2D eigenvalue weighted by Crippen LogP contribution is -2.22. The Morgan fingerprint density at radius 3 is 3.24 bits per heavy atom. The predicted octanol–water partition coefficient (Wildman–Crippen LogP) is 0.893. The highest BCUT2D eigenvalue weighted by Crippen LogP contribution is 2.25. The van der Waals surface area contributed by atoms with Crippen molar-refractivity contribution in [3.05, 3.63) is 21.6 Å². The van der Waals surface area contributed by atoms with Gasteiger partial charge in [0.15, 0.2) is 5.13 Å². The van der Waals surface area contributed by atoms with Crippen LogP contribution in [-0.2, 0) is 13.0 Å². The highest BCUT2D eigenvalue weighted by Gasteiger charge is 2.17. The lowest BCUT2D eigenvalue weighted by Gasteiger charge is -2.09. The molecule has 17 heavy (non-hydrogen) atoms. The molecule has 3 heterocycles. The van der Waals surface area contributed by atoms with E-state index in [2.05, 4.69) is 25.2 Å². The Kier molecular flexibility index (Phi) is 2.83.